The standard InChI is InChI=1S/C20H21F3N2O3S2/c1-29-17-5-7-18(8-6-17)30(27,28)25-11-9-14(10-12-25)19(26)24-16-4-2-3-15(13-16)20(21,22)23/h2-8,13-14H,9-12H2,1H3,(H,24,26). The van der Waals surface area contributed by atoms with E-state index in [-0.39, 0.29) is 23.7 Å². The summed E-state index contributed by atoms with van der Waals surface area (Å²) in [6.45, 7) is 0.348. The second-order valence-electron chi connectivity index (χ2n) is 6.92. The van der Waals surface area contributed by atoms with Crippen molar-refractivity contribution < 1.29 is 26.4 Å². The highest BCUT2D eigenvalue weighted by molar-refractivity contribution is 7.98. The zero-order valence-electron chi connectivity index (χ0n) is 16.1. The van der Waals surface area contributed by atoms with Gasteiger partial charge in [0.2, 0.25) is 15.9 Å². The van der Waals surface area contributed by atoms with E-state index >= 15 is 0 Å². The van der Waals surface area contributed by atoms with Crippen molar-refractivity contribution in [2.45, 2.75) is 28.8 Å². The first kappa shape index (κ1) is 22.6. The largest absolute Gasteiger partial charge is 0.416 e. The summed E-state index contributed by atoms with van der Waals surface area (Å²) < 4.78 is 65.4. The predicted octanol–water partition coefficient (Wildman–Crippen LogP) is 4.47. The van der Waals surface area contributed by atoms with Crippen LogP contribution in [0.5, 0.6) is 0 Å². The molecule has 162 valence electrons. The molecule has 1 aliphatic rings. The molecule has 10 heteroatoms. The molecule has 1 heterocycles. The van der Waals surface area contributed by atoms with Gasteiger partial charge in [0.15, 0.2) is 0 Å². The minimum absolute atomic E-state index is 0.0683. The number of alkyl halides is 3. The van der Waals surface area contributed by atoms with Crippen LogP contribution < -0.4 is 5.32 Å². The Balaban J connectivity index is 1.61. The number of nitrogens with zero attached hydrogens (tertiary/aromatic N) is 1. The Morgan fingerprint density at radius 2 is 1.73 bits per heavy atom. The van der Waals surface area contributed by atoms with E-state index in [4.69, 9.17) is 0 Å². The van der Waals surface area contributed by atoms with Crippen LogP contribution in [0.2, 0.25) is 0 Å². The number of carbonyl (C=O) groups is 1. The van der Waals surface area contributed by atoms with Crippen molar-refractivity contribution in [3.05, 3.63) is 54.1 Å². The number of anilines is 1. The van der Waals surface area contributed by atoms with Gasteiger partial charge in [0.25, 0.3) is 0 Å². The van der Waals surface area contributed by atoms with Gasteiger partial charge in [-0.1, -0.05) is 6.07 Å². The fourth-order valence-corrected chi connectivity index (χ4v) is 5.15. The van der Waals surface area contributed by atoms with Crippen LogP contribution in [-0.2, 0) is 21.0 Å². The van der Waals surface area contributed by atoms with E-state index in [1.54, 1.807) is 24.3 Å². The molecule has 0 atom stereocenters. The summed E-state index contributed by atoms with van der Waals surface area (Å²) in [5.74, 6) is -0.874. The molecule has 2 aromatic carbocycles. The summed E-state index contributed by atoms with van der Waals surface area (Å²) in [6.07, 6.45) is -1.99. The predicted molar refractivity (Wildman–Crippen MR) is 110 cm³/mol. The smallest absolute Gasteiger partial charge is 0.326 e. The summed E-state index contributed by atoms with van der Waals surface area (Å²) >= 11 is 1.51. The molecule has 0 bridgehead atoms. The van der Waals surface area contributed by atoms with Crippen molar-refractivity contribution >= 4 is 33.4 Å². The Morgan fingerprint density at radius 3 is 2.30 bits per heavy atom. The molecule has 0 unspecified atom stereocenters. The lowest BCUT2D eigenvalue weighted by Crippen LogP contribution is -2.41. The highest BCUT2D eigenvalue weighted by Crippen LogP contribution is 2.31. The molecule has 0 saturated carbocycles. The minimum atomic E-state index is -4.49. The van der Waals surface area contributed by atoms with Crippen LogP contribution in [-0.4, -0.2) is 38.0 Å². The highest BCUT2D eigenvalue weighted by Gasteiger charge is 2.33. The number of sulfonamides is 1. The zero-order valence-corrected chi connectivity index (χ0v) is 17.8. The molecule has 2 aromatic rings. The molecule has 1 aliphatic heterocycles. The Labute approximate surface area is 177 Å². The minimum Gasteiger partial charge on any atom is -0.326 e. The summed E-state index contributed by atoms with van der Waals surface area (Å²) in [7, 11) is -3.65. The van der Waals surface area contributed by atoms with E-state index < -0.39 is 33.6 Å². The van der Waals surface area contributed by atoms with Crippen LogP contribution in [0.4, 0.5) is 18.9 Å². The third-order valence-corrected chi connectivity index (χ3v) is 7.64. The van der Waals surface area contributed by atoms with E-state index in [1.165, 1.54) is 28.2 Å². The molecule has 0 aliphatic carbocycles. The van der Waals surface area contributed by atoms with Crippen LogP contribution in [0.25, 0.3) is 0 Å². The van der Waals surface area contributed by atoms with E-state index in [1.807, 2.05) is 6.26 Å². The quantitative estimate of drug-likeness (QED) is 0.672. The van der Waals surface area contributed by atoms with Gasteiger partial charge < -0.3 is 5.32 Å². The molecule has 0 spiro atoms. The summed E-state index contributed by atoms with van der Waals surface area (Å²) in [5.41, 5.74) is -0.771. The Hall–Kier alpha value is -2.04. The van der Waals surface area contributed by atoms with Crippen molar-refractivity contribution in [2.75, 3.05) is 24.7 Å². The Kier molecular flexibility index (Phi) is 6.78. The molecular formula is C20H21F3N2O3S2. The second-order valence-corrected chi connectivity index (χ2v) is 9.74. The van der Waals surface area contributed by atoms with E-state index in [0.717, 1.165) is 17.0 Å². The van der Waals surface area contributed by atoms with Crippen LogP contribution in [0.15, 0.2) is 58.3 Å². The second kappa shape index (κ2) is 8.99. The number of piperidine rings is 1. The first-order chi connectivity index (χ1) is 14.1. The first-order valence-corrected chi connectivity index (χ1v) is 11.9. The number of rotatable bonds is 5. The lowest BCUT2D eigenvalue weighted by molar-refractivity contribution is -0.137. The molecule has 1 saturated heterocycles. The SMILES string of the molecule is CSc1ccc(S(=O)(=O)N2CCC(C(=O)Nc3cccc(C(F)(F)F)c3)CC2)cc1. The maximum absolute atomic E-state index is 12.8. The Bertz CT molecular complexity index is 1000. The van der Waals surface area contributed by atoms with Crippen LogP contribution >= 0.6 is 11.8 Å². The van der Waals surface area contributed by atoms with Crippen molar-refractivity contribution in [3.63, 3.8) is 0 Å². The number of benzene rings is 2. The summed E-state index contributed by atoms with van der Waals surface area (Å²) in [5, 5.41) is 2.51. The summed E-state index contributed by atoms with van der Waals surface area (Å²) in [4.78, 5) is 13.6. The topological polar surface area (TPSA) is 66.5 Å². The molecule has 0 aromatic heterocycles. The lowest BCUT2D eigenvalue weighted by atomic mass is 9.97. The molecule has 3 rings (SSSR count). The van der Waals surface area contributed by atoms with Gasteiger partial charge >= 0.3 is 6.18 Å². The maximum atomic E-state index is 12.8. The first-order valence-electron chi connectivity index (χ1n) is 9.23. The molecule has 1 amide bonds. The highest BCUT2D eigenvalue weighted by atomic mass is 32.2. The zero-order chi connectivity index (χ0) is 21.9. The monoisotopic (exact) mass is 458 g/mol. The molecule has 30 heavy (non-hydrogen) atoms. The van der Waals surface area contributed by atoms with Crippen LogP contribution in [0, 0.1) is 5.92 Å². The number of amides is 1. The van der Waals surface area contributed by atoms with Crippen molar-refractivity contribution in [1.82, 2.24) is 4.31 Å². The fourth-order valence-electron chi connectivity index (χ4n) is 3.27. The van der Waals surface area contributed by atoms with Gasteiger partial charge in [-0.05, 0) is 61.6 Å². The number of nitrogens with one attached hydrogen (secondary N) is 1. The average molecular weight is 459 g/mol. The molecule has 0 radical (unpaired) electrons. The van der Waals surface area contributed by atoms with Crippen molar-refractivity contribution in [2.24, 2.45) is 5.92 Å². The van der Waals surface area contributed by atoms with Gasteiger partial charge in [-0.15, -0.1) is 11.8 Å². The lowest BCUT2D eigenvalue weighted by Gasteiger charge is -2.30. The van der Waals surface area contributed by atoms with Gasteiger partial charge in [0, 0.05) is 29.6 Å². The summed E-state index contributed by atoms with van der Waals surface area (Å²) in [6, 6.07) is 11.1. The van der Waals surface area contributed by atoms with Gasteiger partial charge in [0.1, 0.15) is 0 Å². The van der Waals surface area contributed by atoms with E-state index in [9.17, 15) is 26.4 Å². The molecular weight excluding hydrogens is 437 g/mol. The van der Waals surface area contributed by atoms with E-state index in [2.05, 4.69) is 5.32 Å². The van der Waals surface area contributed by atoms with E-state index in [0.29, 0.717) is 12.8 Å². The normalized spacial score (nSPS) is 16.4. The molecule has 1 fully saturated rings. The fraction of sp³-hybridized carbons (Fsp3) is 0.350. The number of halogens is 3. The number of hydrogen-bond acceptors (Lipinski definition) is 4. The molecule has 1 N–H and O–H groups in total. The van der Waals surface area contributed by atoms with Crippen molar-refractivity contribution in [3.8, 4) is 0 Å². The van der Waals surface area contributed by atoms with Gasteiger partial charge in [-0.3, -0.25) is 4.79 Å². The third kappa shape index (κ3) is 5.16. The van der Waals surface area contributed by atoms with Crippen LogP contribution in [0.1, 0.15) is 18.4 Å². The van der Waals surface area contributed by atoms with Gasteiger partial charge in [-0.25, -0.2) is 8.42 Å². The number of hydrogen-bond donors (Lipinski definition) is 1. The van der Waals surface area contributed by atoms with Gasteiger partial charge in [-0.2, -0.15) is 17.5 Å². The Morgan fingerprint density at radius 1 is 1.10 bits per heavy atom. The maximum Gasteiger partial charge on any atom is 0.416 e. The van der Waals surface area contributed by atoms with Gasteiger partial charge in [0.05, 0.1) is 10.5 Å². The van der Waals surface area contributed by atoms with Crippen molar-refractivity contribution in [1.29, 1.82) is 0 Å². The third-order valence-electron chi connectivity index (χ3n) is 4.98. The van der Waals surface area contributed by atoms with Crippen LogP contribution in [0.3, 0.4) is 0 Å². The number of thioether (sulfide) groups is 1. The molecule has 5 nitrogen and oxygen atoms in total. The average Bonchev–Trinajstić information content (AvgIpc) is 2.73. The number of carbonyl (C=O) groups excluding carboxylic acids is 1.